The van der Waals surface area contributed by atoms with E-state index in [4.69, 9.17) is 12.2 Å². The van der Waals surface area contributed by atoms with Crippen LogP contribution in [-0.4, -0.2) is 26.1 Å². The predicted octanol–water partition coefficient (Wildman–Crippen LogP) is 2.39. The Bertz CT molecular complexity index is 349. The van der Waals surface area contributed by atoms with Gasteiger partial charge >= 0.3 is 0 Å². The van der Waals surface area contributed by atoms with Crippen LogP contribution in [0.2, 0.25) is 0 Å². The summed E-state index contributed by atoms with van der Waals surface area (Å²) in [5, 5.41) is 8.31. The first-order valence-electron chi connectivity index (χ1n) is 3.97. The van der Waals surface area contributed by atoms with Crippen LogP contribution in [0.25, 0.3) is 0 Å². The molecule has 0 spiro atoms. The van der Waals surface area contributed by atoms with E-state index in [2.05, 4.69) is 57.8 Å². The average molecular weight is 451 g/mol. The fourth-order valence-corrected chi connectivity index (χ4v) is 1.11. The zero-order valence-electron chi connectivity index (χ0n) is 8.53. The highest BCUT2D eigenvalue weighted by Gasteiger charge is 2.05. The molecule has 1 heterocycles. The second-order valence-corrected chi connectivity index (χ2v) is 2.81. The van der Waals surface area contributed by atoms with Crippen LogP contribution in [0.5, 0.6) is 0 Å². The number of aryl methyl sites for hydroxylation is 2. The topological polar surface area (TPSA) is 55.1 Å². The molecule has 0 saturated carbocycles. The summed E-state index contributed by atoms with van der Waals surface area (Å²) in [6, 6.07) is 0. The van der Waals surface area contributed by atoms with Gasteiger partial charge in [0.2, 0.25) is 5.11 Å². The molecule has 0 bridgehead atoms. The van der Waals surface area contributed by atoms with Gasteiger partial charge in [-0.3, -0.25) is 5.43 Å². The zero-order chi connectivity index (χ0) is 11.8. The first kappa shape index (κ1) is 15.2. The maximum atomic E-state index is 5.02. The summed E-state index contributed by atoms with van der Waals surface area (Å²) in [4.78, 5) is 4.11. The molecular weight excluding hydrogens is 440 g/mol. The first-order chi connectivity index (χ1) is 7.15. The summed E-state index contributed by atoms with van der Waals surface area (Å²) in [6.07, 6.45) is 1.62. The van der Waals surface area contributed by atoms with Crippen LogP contribution in [0, 0.1) is 13.8 Å². The van der Waals surface area contributed by atoms with Gasteiger partial charge in [0.1, 0.15) is 11.6 Å². The predicted molar refractivity (Wildman–Crippen MR) is 82.8 cm³/mol. The lowest BCUT2D eigenvalue weighted by molar-refractivity contribution is 0.838. The Labute approximate surface area is 117 Å². The molecule has 15 heavy (non-hydrogen) atoms. The third-order valence-electron chi connectivity index (χ3n) is 1.36. The molecule has 8 heteroatoms. The maximum Gasteiger partial charge on any atom is 0.216 e. The number of nitrogens with one attached hydrogen (secondary N) is 1. The number of rotatable bonds is 1. The molecule has 1 N–H and O–H groups in total. The molecule has 1 aromatic heterocycles. The van der Waals surface area contributed by atoms with Crippen molar-refractivity contribution in [3.63, 3.8) is 0 Å². The SMILES string of the molecule is C/C=N/NC(=S)n1nc(C)nc1C.II. The smallest absolute Gasteiger partial charge is 0.216 e. The highest BCUT2D eigenvalue weighted by molar-refractivity contribution is 15.0. The van der Waals surface area contributed by atoms with Crippen molar-refractivity contribution >= 4 is 60.8 Å². The molecule has 0 aliphatic rings. The Hall–Kier alpha value is 0.160. The summed E-state index contributed by atoms with van der Waals surface area (Å²) in [7, 11) is 0. The molecule has 0 unspecified atom stereocenters. The highest BCUT2D eigenvalue weighted by Crippen LogP contribution is 1.94. The van der Waals surface area contributed by atoms with Crippen molar-refractivity contribution in [2.75, 3.05) is 0 Å². The molecule has 84 valence electrons. The summed E-state index contributed by atoms with van der Waals surface area (Å²) in [6.45, 7) is 5.45. The van der Waals surface area contributed by atoms with Crippen molar-refractivity contribution in [3.8, 4) is 0 Å². The van der Waals surface area contributed by atoms with Crippen molar-refractivity contribution in [1.29, 1.82) is 0 Å². The standard InChI is InChI=1S/C7H11N5S.I2/c1-4-8-10-7(13)12-6(3)9-5(2)11-12;1-2/h4H,1-3H3,(H,10,13);/b8-4+;. The molecule has 0 saturated heterocycles. The Kier molecular flexibility index (Phi) is 8.42. The summed E-state index contributed by atoms with van der Waals surface area (Å²) in [5.41, 5.74) is 2.66. The molecule has 0 aromatic carbocycles. The van der Waals surface area contributed by atoms with Crippen LogP contribution in [0.15, 0.2) is 5.10 Å². The normalized spacial score (nSPS) is 9.67. The van der Waals surface area contributed by atoms with E-state index in [1.54, 1.807) is 13.1 Å². The summed E-state index contributed by atoms with van der Waals surface area (Å²) >= 11 is 9.26. The van der Waals surface area contributed by atoms with E-state index in [-0.39, 0.29) is 0 Å². The summed E-state index contributed by atoms with van der Waals surface area (Å²) < 4.78 is 1.54. The molecule has 1 rings (SSSR count). The lowest BCUT2D eigenvalue weighted by atomic mass is 10.7. The van der Waals surface area contributed by atoms with Crippen LogP contribution in [-0.2, 0) is 0 Å². The Balaban J connectivity index is 0.000000921. The van der Waals surface area contributed by atoms with E-state index in [0.29, 0.717) is 10.9 Å². The van der Waals surface area contributed by atoms with Crippen LogP contribution in [0.4, 0.5) is 0 Å². The largest absolute Gasteiger partial charge is 0.252 e. The number of hydrogen-bond donors (Lipinski definition) is 1. The third-order valence-corrected chi connectivity index (χ3v) is 1.62. The minimum atomic E-state index is 0.427. The van der Waals surface area contributed by atoms with Gasteiger partial charge < -0.3 is 0 Å². The van der Waals surface area contributed by atoms with Crippen molar-refractivity contribution in [2.45, 2.75) is 20.8 Å². The van der Waals surface area contributed by atoms with Crippen molar-refractivity contribution < 1.29 is 0 Å². The number of hydrazone groups is 1. The van der Waals surface area contributed by atoms with Crippen molar-refractivity contribution in [1.82, 2.24) is 20.2 Å². The van der Waals surface area contributed by atoms with E-state index >= 15 is 0 Å². The minimum absolute atomic E-state index is 0.427. The molecule has 0 aliphatic heterocycles. The third kappa shape index (κ3) is 5.15. The van der Waals surface area contributed by atoms with Crippen LogP contribution >= 0.6 is 49.4 Å². The van der Waals surface area contributed by atoms with Gasteiger partial charge in [0.25, 0.3) is 0 Å². The fraction of sp³-hybridized carbons (Fsp3) is 0.429. The van der Waals surface area contributed by atoms with Crippen LogP contribution in [0.3, 0.4) is 0 Å². The van der Waals surface area contributed by atoms with Gasteiger partial charge in [0, 0.05) is 43.4 Å². The van der Waals surface area contributed by atoms with E-state index in [9.17, 15) is 0 Å². The zero-order valence-corrected chi connectivity index (χ0v) is 13.7. The molecule has 0 aliphatic carbocycles. The lowest BCUT2D eigenvalue weighted by Gasteiger charge is -2.02. The Morgan fingerprint density at radius 3 is 2.53 bits per heavy atom. The van der Waals surface area contributed by atoms with E-state index in [1.165, 1.54) is 4.68 Å². The van der Waals surface area contributed by atoms with Crippen LogP contribution < -0.4 is 5.43 Å². The van der Waals surface area contributed by atoms with E-state index in [0.717, 1.165) is 5.82 Å². The molecule has 5 nitrogen and oxygen atoms in total. The number of nitrogens with zero attached hydrogens (tertiary/aromatic N) is 4. The molecule has 0 atom stereocenters. The van der Waals surface area contributed by atoms with Gasteiger partial charge in [0.05, 0.1) is 0 Å². The second-order valence-electron chi connectivity index (χ2n) is 2.42. The first-order valence-corrected chi connectivity index (χ1v) is 10.7. The number of thiocarbonyl (C=S) groups is 1. The fourth-order valence-electron chi connectivity index (χ4n) is 0.880. The van der Waals surface area contributed by atoms with Gasteiger partial charge in [-0.2, -0.15) is 9.78 Å². The molecule has 0 amide bonds. The van der Waals surface area contributed by atoms with Gasteiger partial charge in [-0.25, -0.2) is 4.98 Å². The van der Waals surface area contributed by atoms with E-state index < -0.39 is 0 Å². The van der Waals surface area contributed by atoms with Crippen molar-refractivity contribution in [3.05, 3.63) is 11.6 Å². The summed E-state index contributed by atoms with van der Waals surface area (Å²) in [5.74, 6) is 1.45. The second kappa shape index (κ2) is 8.33. The van der Waals surface area contributed by atoms with Crippen molar-refractivity contribution in [2.24, 2.45) is 5.10 Å². The Morgan fingerprint density at radius 2 is 2.13 bits per heavy atom. The minimum Gasteiger partial charge on any atom is -0.252 e. The highest BCUT2D eigenvalue weighted by atomic mass is 128. The molecule has 1 aromatic rings. The molecule has 0 radical (unpaired) electrons. The van der Waals surface area contributed by atoms with Gasteiger partial charge in [-0.05, 0) is 33.0 Å². The quantitative estimate of drug-likeness (QED) is 0.309. The van der Waals surface area contributed by atoms with Gasteiger partial charge in [0.15, 0.2) is 0 Å². The monoisotopic (exact) mass is 451 g/mol. The van der Waals surface area contributed by atoms with Crippen LogP contribution in [0.1, 0.15) is 18.6 Å². The maximum absolute atomic E-state index is 5.02. The number of halogens is 2. The van der Waals surface area contributed by atoms with Gasteiger partial charge in [-0.1, -0.05) is 0 Å². The Morgan fingerprint density at radius 1 is 1.53 bits per heavy atom. The average Bonchev–Trinajstić information content (AvgIpc) is 2.57. The van der Waals surface area contributed by atoms with E-state index in [1.807, 2.05) is 13.8 Å². The number of hydrogen-bond acceptors (Lipinski definition) is 4. The van der Waals surface area contributed by atoms with Gasteiger partial charge in [-0.15, -0.1) is 5.10 Å². The molecular formula is C7H11I2N5S. The molecule has 0 fully saturated rings. The lowest BCUT2D eigenvalue weighted by Crippen LogP contribution is -2.25. The number of aromatic nitrogens is 3.